The molecule has 1 N–H and O–H groups in total. The zero-order valence-electron chi connectivity index (χ0n) is 10.2. The summed E-state index contributed by atoms with van der Waals surface area (Å²) in [6, 6.07) is 7.21. The van der Waals surface area contributed by atoms with E-state index >= 15 is 0 Å². The minimum Gasteiger partial charge on any atom is -0.494 e. The van der Waals surface area contributed by atoms with Crippen LogP contribution in [0.15, 0.2) is 18.2 Å². The Labute approximate surface area is 112 Å². The third kappa shape index (κ3) is 4.64. The van der Waals surface area contributed by atoms with Crippen LogP contribution in [0.2, 0.25) is 5.02 Å². The topological polar surface area (TPSA) is 62.1 Å². The molecule has 0 saturated carbocycles. The summed E-state index contributed by atoms with van der Waals surface area (Å²) in [5, 5.41) is 11.7. The van der Waals surface area contributed by atoms with Gasteiger partial charge in [-0.2, -0.15) is 5.26 Å². The van der Waals surface area contributed by atoms with E-state index in [1.54, 1.807) is 12.1 Å². The first-order chi connectivity index (χ1) is 8.67. The molecule has 5 heteroatoms. The van der Waals surface area contributed by atoms with E-state index < -0.39 is 0 Å². The predicted octanol–water partition coefficient (Wildman–Crippen LogP) is 2.31. The molecular formula is C13H15ClN2O2. The van der Waals surface area contributed by atoms with E-state index in [4.69, 9.17) is 21.6 Å². The monoisotopic (exact) mass is 266 g/mol. The first-order valence-corrected chi connectivity index (χ1v) is 6.10. The molecular weight excluding hydrogens is 252 g/mol. The summed E-state index contributed by atoms with van der Waals surface area (Å²) in [5.41, 5.74) is 0.946. The molecule has 0 spiro atoms. The zero-order chi connectivity index (χ0) is 13.4. The molecule has 0 heterocycles. The van der Waals surface area contributed by atoms with E-state index in [1.807, 2.05) is 19.1 Å². The molecule has 0 fully saturated rings. The van der Waals surface area contributed by atoms with Crippen molar-refractivity contribution in [3.63, 3.8) is 0 Å². The largest absolute Gasteiger partial charge is 0.494 e. The average Bonchev–Trinajstić information content (AvgIpc) is 2.33. The van der Waals surface area contributed by atoms with Crippen LogP contribution in [0.3, 0.4) is 0 Å². The van der Waals surface area contributed by atoms with Gasteiger partial charge in [-0.15, -0.1) is 0 Å². The highest BCUT2D eigenvalue weighted by molar-refractivity contribution is 6.30. The number of halogens is 1. The molecule has 96 valence electrons. The quantitative estimate of drug-likeness (QED) is 0.859. The molecule has 0 aromatic heterocycles. The second-order valence-electron chi connectivity index (χ2n) is 3.62. The molecule has 1 rings (SSSR count). The van der Waals surface area contributed by atoms with Crippen LogP contribution in [-0.4, -0.2) is 19.1 Å². The lowest BCUT2D eigenvalue weighted by Crippen LogP contribution is -2.25. The Kier molecular flexibility index (Phi) is 6.03. The molecule has 0 aliphatic carbocycles. The molecule has 0 unspecified atom stereocenters. The standard InChI is InChI=1S/C13H15ClN2O2/c1-2-18-12-4-3-11(14)9-10(12)6-8-16-13(17)5-7-15/h3-4,9H,2,5-6,8H2,1H3,(H,16,17). The Balaban J connectivity index is 2.57. The summed E-state index contributed by atoms with van der Waals surface area (Å²) in [6.07, 6.45) is 0.501. The zero-order valence-corrected chi connectivity index (χ0v) is 11.0. The third-order valence-corrected chi connectivity index (χ3v) is 2.51. The third-order valence-electron chi connectivity index (χ3n) is 2.28. The van der Waals surface area contributed by atoms with E-state index in [2.05, 4.69) is 5.32 Å². The van der Waals surface area contributed by atoms with E-state index in [1.165, 1.54) is 0 Å². The van der Waals surface area contributed by atoms with E-state index in [0.717, 1.165) is 11.3 Å². The van der Waals surface area contributed by atoms with Crippen molar-refractivity contribution in [2.24, 2.45) is 0 Å². The van der Waals surface area contributed by atoms with Gasteiger partial charge < -0.3 is 10.1 Å². The van der Waals surface area contributed by atoms with Crippen molar-refractivity contribution in [2.45, 2.75) is 19.8 Å². The fourth-order valence-corrected chi connectivity index (χ4v) is 1.71. The van der Waals surface area contributed by atoms with Gasteiger partial charge in [0, 0.05) is 11.6 Å². The summed E-state index contributed by atoms with van der Waals surface area (Å²) < 4.78 is 5.47. The first kappa shape index (κ1) is 14.3. The number of rotatable bonds is 6. The van der Waals surface area contributed by atoms with Crippen LogP contribution in [0.4, 0.5) is 0 Å². The summed E-state index contributed by atoms with van der Waals surface area (Å²) >= 11 is 5.92. The number of nitrogens with one attached hydrogen (secondary N) is 1. The Hall–Kier alpha value is -1.73. The maximum absolute atomic E-state index is 11.1. The Morgan fingerprint density at radius 2 is 2.33 bits per heavy atom. The number of benzene rings is 1. The van der Waals surface area contributed by atoms with Gasteiger partial charge in [0.1, 0.15) is 12.2 Å². The Morgan fingerprint density at radius 3 is 3.00 bits per heavy atom. The van der Waals surface area contributed by atoms with Crippen LogP contribution < -0.4 is 10.1 Å². The van der Waals surface area contributed by atoms with Gasteiger partial charge in [-0.05, 0) is 37.1 Å². The van der Waals surface area contributed by atoms with Crippen LogP contribution in [0.25, 0.3) is 0 Å². The highest BCUT2D eigenvalue weighted by Crippen LogP contribution is 2.23. The van der Waals surface area contributed by atoms with Gasteiger partial charge in [-0.1, -0.05) is 11.6 Å². The van der Waals surface area contributed by atoms with Crippen LogP contribution in [0.1, 0.15) is 18.9 Å². The molecule has 0 radical (unpaired) electrons. The van der Waals surface area contributed by atoms with E-state index in [-0.39, 0.29) is 12.3 Å². The van der Waals surface area contributed by atoms with E-state index in [9.17, 15) is 4.79 Å². The normalized spacial score (nSPS) is 9.61. The Morgan fingerprint density at radius 1 is 1.56 bits per heavy atom. The maximum Gasteiger partial charge on any atom is 0.234 e. The van der Waals surface area contributed by atoms with Crippen molar-refractivity contribution in [1.82, 2.24) is 5.32 Å². The number of hydrogen-bond acceptors (Lipinski definition) is 3. The summed E-state index contributed by atoms with van der Waals surface area (Å²) in [5.74, 6) is 0.508. The highest BCUT2D eigenvalue weighted by atomic mass is 35.5. The highest BCUT2D eigenvalue weighted by Gasteiger charge is 2.05. The number of carbonyl (C=O) groups is 1. The molecule has 1 aromatic rings. The number of nitrogens with zero attached hydrogens (tertiary/aromatic N) is 1. The average molecular weight is 267 g/mol. The van der Waals surface area contributed by atoms with Crippen LogP contribution in [0, 0.1) is 11.3 Å². The van der Waals surface area contributed by atoms with Crippen LogP contribution in [-0.2, 0) is 11.2 Å². The summed E-state index contributed by atoms with van der Waals surface area (Å²) in [4.78, 5) is 11.1. The molecule has 4 nitrogen and oxygen atoms in total. The molecule has 0 atom stereocenters. The van der Waals surface area contributed by atoms with Gasteiger partial charge in [0.05, 0.1) is 12.7 Å². The lowest BCUT2D eigenvalue weighted by molar-refractivity contribution is -0.120. The molecule has 0 bridgehead atoms. The summed E-state index contributed by atoms with van der Waals surface area (Å²) in [6.45, 7) is 2.95. The van der Waals surface area contributed by atoms with Crippen molar-refractivity contribution in [3.8, 4) is 11.8 Å². The van der Waals surface area contributed by atoms with Crippen LogP contribution in [0.5, 0.6) is 5.75 Å². The number of hydrogen-bond donors (Lipinski definition) is 1. The molecule has 0 aliphatic rings. The number of amides is 1. The van der Waals surface area contributed by atoms with Crippen LogP contribution >= 0.6 is 11.6 Å². The number of carbonyl (C=O) groups excluding carboxylic acids is 1. The predicted molar refractivity (Wildman–Crippen MR) is 69.6 cm³/mol. The summed E-state index contributed by atoms with van der Waals surface area (Å²) in [7, 11) is 0. The van der Waals surface area contributed by atoms with Crippen molar-refractivity contribution >= 4 is 17.5 Å². The SMILES string of the molecule is CCOc1ccc(Cl)cc1CCNC(=O)CC#N. The lowest BCUT2D eigenvalue weighted by atomic mass is 10.1. The first-order valence-electron chi connectivity index (χ1n) is 5.72. The fourth-order valence-electron chi connectivity index (χ4n) is 1.51. The molecule has 1 amide bonds. The minimum atomic E-state index is -0.266. The number of ether oxygens (including phenoxy) is 1. The molecule has 0 saturated heterocycles. The fraction of sp³-hybridized carbons (Fsp3) is 0.385. The Bertz CT molecular complexity index is 455. The van der Waals surface area contributed by atoms with Crippen molar-refractivity contribution < 1.29 is 9.53 Å². The van der Waals surface area contributed by atoms with Gasteiger partial charge in [-0.3, -0.25) is 4.79 Å². The molecule has 18 heavy (non-hydrogen) atoms. The smallest absolute Gasteiger partial charge is 0.234 e. The van der Waals surface area contributed by atoms with Gasteiger partial charge in [-0.25, -0.2) is 0 Å². The van der Waals surface area contributed by atoms with E-state index in [0.29, 0.717) is 24.6 Å². The van der Waals surface area contributed by atoms with Crippen molar-refractivity contribution in [1.29, 1.82) is 5.26 Å². The van der Waals surface area contributed by atoms with Gasteiger partial charge in [0.25, 0.3) is 0 Å². The van der Waals surface area contributed by atoms with Crippen molar-refractivity contribution in [3.05, 3.63) is 28.8 Å². The van der Waals surface area contributed by atoms with Gasteiger partial charge in [0.2, 0.25) is 5.91 Å². The molecule has 0 aliphatic heterocycles. The van der Waals surface area contributed by atoms with Gasteiger partial charge in [0.15, 0.2) is 0 Å². The van der Waals surface area contributed by atoms with Gasteiger partial charge >= 0.3 is 0 Å². The van der Waals surface area contributed by atoms with Crippen molar-refractivity contribution in [2.75, 3.05) is 13.2 Å². The maximum atomic E-state index is 11.1. The lowest BCUT2D eigenvalue weighted by Gasteiger charge is -2.10. The second kappa shape index (κ2) is 7.57. The molecule has 1 aromatic carbocycles. The number of nitriles is 1. The second-order valence-corrected chi connectivity index (χ2v) is 4.06. The minimum absolute atomic E-state index is 0.117.